The maximum Gasteiger partial charge on any atom is 0.225 e. The van der Waals surface area contributed by atoms with Crippen LogP contribution in [0.1, 0.15) is 20.8 Å². The summed E-state index contributed by atoms with van der Waals surface area (Å²) < 4.78 is 0. The number of carbonyl (C=O) groups excluding carboxylic acids is 1. The van der Waals surface area contributed by atoms with Gasteiger partial charge in [-0.25, -0.2) is 0 Å². The summed E-state index contributed by atoms with van der Waals surface area (Å²) in [6.45, 7) is 6.11. The highest BCUT2D eigenvalue weighted by Gasteiger charge is 2.59. The van der Waals surface area contributed by atoms with Gasteiger partial charge in [-0.3, -0.25) is 4.79 Å². The second kappa shape index (κ2) is 2.63. The lowest BCUT2D eigenvalue weighted by Crippen LogP contribution is -1.96. The van der Waals surface area contributed by atoms with Crippen molar-refractivity contribution in [1.29, 1.82) is 0 Å². The quantitative estimate of drug-likeness (QED) is 0.462. The molecule has 1 aliphatic carbocycles. The van der Waals surface area contributed by atoms with E-state index in [0.717, 1.165) is 0 Å². The molecule has 1 nitrogen and oxygen atoms in total. The fourth-order valence-electron chi connectivity index (χ4n) is 1.68. The van der Waals surface area contributed by atoms with Gasteiger partial charge in [0.15, 0.2) is 0 Å². The van der Waals surface area contributed by atoms with Crippen LogP contribution in [0.4, 0.5) is 0 Å². The van der Waals surface area contributed by atoms with Crippen molar-refractivity contribution in [1.82, 2.24) is 0 Å². The summed E-state index contributed by atoms with van der Waals surface area (Å²) in [5, 5.41) is -0.196. The Morgan fingerprint density at radius 2 is 2.09 bits per heavy atom. The summed E-state index contributed by atoms with van der Waals surface area (Å²) in [5.41, 5.74) is 0.0886. The van der Waals surface area contributed by atoms with Crippen LogP contribution in [-0.2, 0) is 4.79 Å². The standard InChI is InChI=1S/C9H13ClO/c1-4-5-6-7(8(10)11)9(6,2)3/h4-7H,1-3H3/t6-,7-/m0/s1. The molecule has 11 heavy (non-hydrogen) atoms. The Hall–Kier alpha value is -0.300. The fraction of sp³-hybridized carbons (Fsp3) is 0.667. The van der Waals surface area contributed by atoms with E-state index < -0.39 is 0 Å². The number of halogens is 1. The van der Waals surface area contributed by atoms with Gasteiger partial charge in [0, 0.05) is 5.92 Å². The number of hydrogen-bond acceptors (Lipinski definition) is 1. The highest BCUT2D eigenvalue weighted by molar-refractivity contribution is 6.64. The van der Waals surface area contributed by atoms with Crippen molar-refractivity contribution >= 4 is 16.8 Å². The summed E-state index contributed by atoms with van der Waals surface area (Å²) in [6.07, 6.45) is 4.04. The maximum atomic E-state index is 10.8. The van der Waals surface area contributed by atoms with Crippen molar-refractivity contribution in [3.63, 3.8) is 0 Å². The summed E-state index contributed by atoms with van der Waals surface area (Å²) in [5.74, 6) is 0.401. The van der Waals surface area contributed by atoms with E-state index in [1.54, 1.807) is 0 Å². The molecule has 0 radical (unpaired) electrons. The molecule has 0 bridgehead atoms. The van der Waals surface area contributed by atoms with Crippen molar-refractivity contribution in [3.05, 3.63) is 12.2 Å². The van der Waals surface area contributed by atoms with E-state index in [9.17, 15) is 4.79 Å². The van der Waals surface area contributed by atoms with Crippen molar-refractivity contribution in [3.8, 4) is 0 Å². The van der Waals surface area contributed by atoms with E-state index >= 15 is 0 Å². The van der Waals surface area contributed by atoms with Crippen LogP contribution in [-0.4, -0.2) is 5.24 Å². The van der Waals surface area contributed by atoms with Gasteiger partial charge in [-0.15, -0.1) is 0 Å². The average molecular weight is 173 g/mol. The molecule has 0 amide bonds. The summed E-state index contributed by atoms with van der Waals surface area (Å²) in [7, 11) is 0. The molecular formula is C9H13ClO. The second-order valence-corrected chi connectivity index (χ2v) is 4.03. The van der Waals surface area contributed by atoms with Gasteiger partial charge in [-0.1, -0.05) is 26.0 Å². The maximum absolute atomic E-state index is 10.8. The van der Waals surface area contributed by atoms with Crippen LogP contribution in [0.25, 0.3) is 0 Å². The molecule has 0 spiro atoms. The molecule has 0 aromatic heterocycles. The smallest absolute Gasteiger partial charge is 0.225 e. The predicted molar refractivity (Wildman–Crippen MR) is 46.4 cm³/mol. The van der Waals surface area contributed by atoms with Gasteiger partial charge in [0.25, 0.3) is 0 Å². The molecule has 1 saturated carbocycles. The molecular weight excluding hydrogens is 160 g/mol. The normalized spacial score (nSPS) is 34.2. The molecule has 0 aliphatic heterocycles. The molecule has 0 aromatic carbocycles. The van der Waals surface area contributed by atoms with E-state index in [1.807, 2.05) is 13.0 Å². The van der Waals surface area contributed by atoms with E-state index in [0.29, 0.717) is 5.92 Å². The third-order valence-corrected chi connectivity index (χ3v) is 2.79. The molecule has 2 heteroatoms. The lowest BCUT2D eigenvalue weighted by Gasteiger charge is -1.95. The lowest BCUT2D eigenvalue weighted by molar-refractivity contribution is -0.113. The van der Waals surface area contributed by atoms with Crippen molar-refractivity contribution in [2.45, 2.75) is 20.8 Å². The molecule has 0 saturated heterocycles. The van der Waals surface area contributed by atoms with Crippen LogP contribution in [0.5, 0.6) is 0 Å². The highest BCUT2D eigenvalue weighted by atomic mass is 35.5. The van der Waals surface area contributed by atoms with Crippen LogP contribution in [0, 0.1) is 17.3 Å². The minimum absolute atomic E-state index is 0.0420. The molecule has 0 unspecified atom stereocenters. The number of allylic oxidation sites excluding steroid dienone is 2. The Labute approximate surface area is 72.4 Å². The molecule has 62 valence electrons. The van der Waals surface area contributed by atoms with E-state index in [4.69, 9.17) is 11.6 Å². The van der Waals surface area contributed by atoms with Crippen molar-refractivity contribution < 1.29 is 4.79 Å². The first-order valence-corrected chi connectivity index (χ1v) is 4.21. The molecule has 0 N–H and O–H groups in total. The molecule has 0 heterocycles. The Bertz CT molecular complexity index is 206. The minimum Gasteiger partial charge on any atom is -0.281 e. The van der Waals surface area contributed by atoms with Crippen molar-refractivity contribution in [2.24, 2.45) is 17.3 Å². The van der Waals surface area contributed by atoms with Gasteiger partial charge < -0.3 is 0 Å². The third kappa shape index (κ3) is 1.34. The van der Waals surface area contributed by atoms with E-state index in [-0.39, 0.29) is 16.6 Å². The minimum atomic E-state index is -0.196. The fourth-order valence-corrected chi connectivity index (χ4v) is 2.09. The highest BCUT2D eigenvalue weighted by Crippen LogP contribution is 2.59. The molecule has 2 atom stereocenters. The summed E-state index contributed by atoms with van der Waals surface area (Å²) in [6, 6.07) is 0. The Morgan fingerprint density at radius 1 is 1.55 bits per heavy atom. The summed E-state index contributed by atoms with van der Waals surface area (Å²) in [4.78, 5) is 10.8. The zero-order valence-electron chi connectivity index (χ0n) is 7.10. The SMILES string of the molecule is CC=C[C@H]1[C@@H](C(=O)Cl)C1(C)C. The van der Waals surface area contributed by atoms with E-state index in [2.05, 4.69) is 19.9 Å². The van der Waals surface area contributed by atoms with Gasteiger partial charge in [0.2, 0.25) is 5.24 Å². The van der Waals surface area contributed by atoms with Crippen molar-refractivity contribution in [2.75, 3.05) is 0 Å². The number of rotatable bonds is 2. The largest absolute Gasteiger partial charge is 0.281 e. The average Bonchev–Trinajstić information content (AvgIpc) is 2.35. The van der Waals surface area contributed by atoms with Gasteiger partial charge in [0.1, 0.15) is 0 Å². The predicted octanol–water partition coefficient (Wildman–Crippen LogP) is 2.60. The van der Waals surface area contributed by atoms with Crippen LogP contribution in [0.2, 0.25) is 0 Å². The topological polar surface area (TPSA) is 17.1 Å². The van der Waals surface area contributed by atoms with Crippen LogP contribution in [0.3, 0.4) is 0 Å². The van der Waals surface area contributed by atoms with Gasteiger partial charge in [-0.05, 0) is 29.9 Å². The molecule has 1 fully saturated rings. The van der Waals surface area contributed by atoms with E-state index in [1.165, 1.54) is 0 Å². The van der Waals surface area contributed by atoms with Crippen LogP contribution in [0.15, 0.2) is 12.2 Å². The van der Waals surface area contributed by atoms with Crippen LogP contribution >= 0.6 is 11.6 Å². The zero-order chi connectivity index (χ0) is 8.65. The second-order valence-electron chi connectivity index (χ2n) is 3.65. The Balaban J connectivity index is 2.68. The zero-order valence-corrected chi connectivity index (χ0v) is 7.85. The first-order valence-electron chi connectivity index (χ1n) is 3.84. The monoisotopic (exact) mass is 172 g/mol. The molecule has 0 aromatic rings. The number of hydrogen-bond donors (Lipinski definition) is 0. The summed E-state index contributed by atoms with van der Waals surface area (Å²) >= 11 is 5.42. The van der Waals surface area contributed by atoms with Gasteiger partial charge in [0.05, 0.1) is 0 Å². The first kappa shape index (κ1) is 8.79. The Morgan fingerprint density at radius 3 is 2.36 bits per heavy atom. The molecule has 1 rings (SSSR count). The van der Waals surface area contributed by atoms with Crippen LogP contribution < -0.4 is 0 Å². The molecule has 1 aliphatic rings. The third-order valence-electron chi connectivity index (χ3n) is 2.55. The first-order chi connectivity index (χ1) is 5.01. The van der Waals surface area contributed by atoms with Gasteiger partial charge in [-0.2, -0.15) is 0 Å². The van der Waals surface area contributed by atoms with Gasteiger partial charge >= 0.3 is 0 Å². The number of carbonyl (C=O) groups is 1. The Kier molecular flexibility index (Phi) is 2.10. The lowest BCUT2D eigenvalue weighted by atomic mass is 10.1.